The Labute approximate surface area is 115 Å². The topological polar surface area (TPSA) is 83.0 Å². The quantitative estimate of drug-likeness (QED) is 0.892. The van der Waals surface area contributed by atoms with E-state index in [0.717, 1.165) is 31.0 Å². The summed E-state index contributed by atoms with van der Waals surface area (Å²) in [5.74, 6) is -0.697. The first-order valence-electron chi connectivity index (χ1n) is 6.52. The Bertz CT molecular complexity index is 703. The second kappa shape index (κ2) is 4.59. The number of H-pyrrole nitrogens is 1. The third kappa shape index (κ3) is 1.82. The van der Waals surface area contributed by atoms with Gasteiger partial charge in [-0.25, -0.2) is 9.78 Å². The van der Waals surface area contributed by atoms with Gasteiger partial charge in [-0.3, -0.25) is 4.79 Å². The summed E-state index contributed by atoms with van der Waals surface area (Å²) in [7, 11) is 0. The first kappa shape index (κ1) is 12.6. The minimum absolute atomic E-state index is 0.280. The van der Waals surface area contributed by atoms with Crippen LogP contribution >= 0.6 is 0 Å². The number of benzene rings is 1. The number of aromatic carboxylic acids is 1. The molecular weight excluding hydrogens is 256 g/mol. The van der Waals surface area contributed by atoms with Gasteiger partial charge in [-0.2, -0.15) is 0 Å². The number of hydrogen-bond donors (Lipinski definition) is 2. The molecule has 0 amide bonds. The zero-order valence-corrected chi connectivity index (χ0v) is 10.8. The van der Waals surface area contributed by atoms with Crippen molar-refractivity contribution in [2.24, 2.45) is 0 Å². The van der Waals surface area contributed by atoms with Crippen LogP contribution in [0, 0.1) is 0 Å². The van der Waals surface area contributed by atoms with Gasteiger partial charge < -0.3 is 10.1 Å². The zero-order valence-electron chi connectivity index (χ0n) is 10.8. The monoisotopic (exact) mass is 270 g/mol. The van der Waals surface area contributed by atoms with E-state index in [9.17, 15) is 9.59 Å². The molecule has 3 rings (SSSR count). The molecule has 1 aromatic heterocycles. The molecule has 5 heteroatoms. The first-order valence-corrected chi connectivity index (χ1v) is 6.52. The highest BCUT2D eigenvalue weighted by molar-refractivity contribution is 5.86. The highest BCUT2D eigenvalue weighted by atomic mass is 16.4. The van der Waals surface area contributed by atoms with Gasteiger partial charge in [0.1, 0.15) is 11.4 Å². The molecule has 2 N–H and O–H groups in total. The van der Waals surface area contributed by atoms with E-state index in [1.54, 1.807) is 0 Å². The molecule has 102 valence electrons. The van der Waals surface area contributed by atoms with Crippen molar-refractivity contribution in [2.75, 3.05) is 0 Å². The number of nitrogens with zero attached hydrogens (tertiary/aromatic N) is 1. The summed E-state index contributed by atoms with van der Waals surface area (Å²) in [5, 5.41) is 8.89. The average Bonchev–Trinajstić information content (AvgIpc) is 2.38. The number of aromatic amines is 1. The number of carboxylic acids is 1. The van der Waals surface area contributed by atoms with Crippen LogP contribution in [0.5, 0.6) is 0 Å². The van der Waals surface area contributed by atoms with Gasteiger partial charge in [-0.1, -0.05) is 36.8 Å². The lowest BCUT2D eigenvalue weighted by molar-refractivity contribution is 0.0694. The fourth-order valence-electron chi connectivity index (χ4n) is 2.74. The number of rotatable bonds is 3. The van der Waals surface area contributed by atoms with Gasteiger partial charge in [0.25, 0.3) is 5.56 Å². The summed E-state index contributed by atoms with van der Waals surface area (Å²) in [6, 6.07) is 9.90. The largest absolute Gasteiger partial charge is 0.477 e. The van der Waals surface area contributed by atoms with Gasteiger partial charge in [-0.15, -0.1) is 0 Å². The normalized spacial score (nSPS) is 16.4. The van der Waals surface area contributed by atoms with Crippen molar-refractivity contribution in [3.05, 3.63) is 63.8 Å². The Morgan fingerprint density at radius 3 is 2.45 bits per heavy atom. The maximum Gasteiger partial charge on any atom is 0.342 e. The van der Waals surface area contributed by atoms with Crippen molar-refractivity contribution in [1.82, 2.24) is 9.97 Å². The summed E-state index contributed by atoms with van der Waals surface area (Å²) in [6.07, 6.45) is 4.04. The molecule has 0 atom stereocenters. The van der Waals surface area contributed by atoms with E-state index in [1.807, 2.05) is 30.3 Å². The summed E-state index contributed by atoms with van der Waals surface area (Å²) >= 11 is 0. The molecule has 2 aromatic rings. The summed E-state index contributed by atoms with van der Waals surface area (Å²) in [5.41, 5.74) is -0.0873. The SMILES string of the molecule is O=C(O)c1cnc(C2(c3ccccc3)CCC2)[nH]c1=O. The molecule has 0 spiro atoms. The van der Waals surface area contributed by atoms with Crippen LogP contribution in [0.4, 0.5) is 0 Å². The molecule has 0 aliphatic heterocycles. The van der Waals surface area contributed by atoms with Crippen molar-refractivity contribution in [3.8, 4) is 0 Å². The fraction of sp³-hybridized carbons (Fsp3) is 0.267. The van der Waals surface area contributed by atoms with E-state index in [-0.39, 0.29) is 11.0 Å². The first-order chi connectivity index (χ1) is 9.63. The standard InChI is InChI=1S/C15H14N2O3/c18-12-11(13(19)20)9-16-14(17-12)15(7-4-8-15)10-5-2-1-3-6-10/h1-3,5-6,9H,4,7-8H2,(H,19,20)(H,16,17,18). The van der Waals surface area contributed by atoms with E-state index >= 15 is 0 Å². The molecule has 0 radical (unpaired) electrons. The highest BCUT2D eigenvalue weighted by Gasteiger charge is 2.42. The van der Waals surface area contributed by atoms with Crippen LogP contribution < -0.4 is 5.56 Å². The lowest BCUT2D eigenvalue weighted by atomic mass is 9.64. The van der Waals surface area contributed by atoms with Crippen molar-refractivity contribution < 1.29 is 9.90 Å². The third-order valence-electron chi connectivity index (χ3n) is 4.02. The molecule has 1 aliphatic carbocycles. The molecule has 0 saturated heterocycles. The average molecular weight is 270 g/mol. The number of hydrogen-bond acceptors (Lipinski definition) is 3. The van der Waals surface area contributed by atoms with Crippen LogP contribution in [-0.4, -0.2) is 21.0 Å². The van der Waals surface area contributed by atoms with E-state index in [4.69, 9.17) is 5.11 Å². The summed E-state index contributed by atoms with van der Waals surface area (Å²) < 4.78 is 0. The smallest absolute Gasteiger partial charge is 0.342 e. The molecular formula is C15H14N2O3. The molecule has 0 unspecified atom stereocenters. The molecule has 5 nitrogen and oxygen atoms in total. The van der Waals surface area contributed by atoms with Gasteiger partial charge in [0.05, 0.1) is 5.41 Å². The number of carboxylic acid groups (broad SMARTS) is 1. The Kier molecular flexibility index (Phi) is 2.89. The fourth-order valence-corrected chi connectivity index (χ4v) is 2.74. The Morgan fingerprint density at radius 1 is 1.25 bits per heavy atom. The van der Waals surface area contributed by atoms with Crippen molar-refractivity contribution in [2.45, 2.75) is 24.7 Å². The highest BCUT2D eigenvalue weighted by Crippen LogP contribution is 2.47. The Hall–Kier alpha value is -2.43. The maximum absolute atomic E-state index is 11.8. The lowest BCUT2D eigenvalue weighted by Crippen LogP contribution is -2.39. The maximum atomic E-state index is 11.8. The van der Waals surface area contributed by atoms with Crippen LogP contribution in [0.1, 0.15) is 41.0 Å². The second-order valence-electron chi connectivity index (χ2n) is 5.08. The van der Waals surface area contributed by atoms with Gasteiger partial charge >= 0.3 is 5.97 Å². The van der Waals surface area contributed by atoms with E-state index in [0.29, 0.717) is 5.82 Å². The number of carbonyl (C=O) groups is 1. The van der Waals surface area contributed by atoms with E-state index < -0.39 is 11.5 Å². The second-order valence-corrected chi connectivity index (χ2v) is 5.08. The van der Waals surface area contributed by atoms with Crippen LogP contribution in [0.15, 0.2) is 41.3 Å². The summed E-state index contributed by atoms with van der Waals surface area (Å²) in [4.78, 5) is 29.5. The molecule has 1 aromatic carbocycles. The zero-order chi connectivity index (χ0) is 14.2. The molecule has 0 bridgehead atoms. The van der Waals surface area contributed by atoms with Crippen LogP contribution in [0.2, 0.25) is 0 Å². The summed E-state index contributed by atoms with van der Waals surface area (Å²) in [6.45, 7) is 0. The van der Waals surface area contributed by atoms with Crippen molar-refractivity contribution in [1.29, 1.82) is 0 Å². The third-order valence-corrected chi connectivity index (χ3v) is 4.02. The Balaban J connectivity index is 2.09. The molecule has 1 heterocycles. The number of nitrogens with one attached hydrogen (secondary N) is 1. The van der Waals surface area contributed by atoms with Crippen LogP contribution in [-0.2, 0) is 5.41 Å². The van der Waals surface area contributed by atoms with Crippen LogP contribution in [0.25, 0.3) is 0 Å². The van der Waals surface area contributed by atoms with Gasteiger partial charge in [-0.05, 0) is 18.4 Å². The molecule has 20 heavy (non-hydrogen) atoms. The van der Waals surface area contributed by atoms with Crippen LogP contribution in [0.3, 0.4) is 0 Å². The minimum atomic E-state index is -1.26. The van der Waals surface area contributed by atoms with E-state index in [1.165, 1.54) is 0 Å². The van der Waals surface area contributed by atoms with Gasteiger partial charge in [0, 0.05) is 6.20 Å². The molecule has 1 aliphatic rings. The van der Waals surface area contributed by atoms with Gasteiger partial charge in [0.2, 0.25) is 0 Å². The molecule has 1 saturated carbocycles. The predicted octanol–water partition coefficient (Wildman–Crippen LogP) is 1.94. The van der Waals surface area contributed by atoms with Crippen molar-refractivity contribution in [3.63, 3.8) is 0 Å². The Morgan fingerprint density at radius 2 is 1.95 bits per heavy atom. The van der Waals surface area contributed by atoms with Gasteiger partial charge in [0.15, 0.2) is 0 Å². The number of aromatic nitrogens is 2. The lowest BCUT2D eigenvalue weighted by Gasteiger charge is -2.41. The molecule has 1 fully saturated rings. The van der Waals surface area contributed by atoms with Crippen molar-refractivity contribution >= 4 is 5.97 Å². The minimum Gasteiger partial charge on any atom is -0.477 e. The predicted molar refractivity (Wildman–Crippen MR) is 72.9 cm³/mol. The van der Waals surface area contributed by atoms with E-state index in [2.05, 4.69) is 9.97 Å².